The Bertz CT molecular complexity index is 2030. The second-order valence-corrected chi connectivity index (χ2v) is 18.5. The fourth-order valence-electron chi connectivity index (χ4n) is 9.66. The van der Waals surface area contributed by atoms with Crippen LogP contribution in [0.2, 0.25) is 5.02 Å². The van der Waals surface area contributed by atoms with Gasteiger partial charge in [0.15, 0.2) is 0 Å². The lowest BCUT2D eigenvalue weighted by molar-refractivity contribution is -0.102. The van der Waals surface area contributed by atoms with E-state index in [2.05, 4.69) is 31.2 Å². The summed E-state index contributed by atoms with van der Waals surface area (Å²) in [6, 6.07) is 11.7. The Morgan fingerprint density at radius 1 is 1.09 bits per heavy atom. The van der Waals surface area contributed by atoms with Crippen molar-refractivity contribution in [2.24, 2.45) is 35.1 Å². The number of benzene rings is 2. The van der Waals surface area contributed by atoms with Crippen LogP contribution in [0.4, 0.5) is 5.69 Å². The Hall–Kier alpha value is -3.61. The first-order valence-corrected chi connectivity index (χ1v) is 21.2. The molecule has 1 saturated heterocycles. The van der Waals surface area contributed by atoms with Gasteiger partial charge < -0.3 is 19.1 Å². The third-order valence-electron chi connectivity index (χ3n) is 12.4. The summed E-state index contributed by atoms with van der Waals surface area (Å²) in [7, 11) is -0.476. The van der Waals surface area contributed by atoms with E-state index in [1.807, 2.05) is 25.1 Å². The number of aromatic nitrogens is 2. The minimum absolute atomic E-state index is 0.0312. The SMILES string of the molecule is COc1nn(C)cc1C(=O)N[S@@]1(=O)=NC(=O)c2ccc3c(c2)N(C[C@@H]2CC[C@H]2[C@H]2OCCC[C@@H]2CC[C@H](C)C1)C[C@@]1(CCCc2cc(Cl)ccc21)CO3. The predicted octanol–water partition coefficient (Wildman–Crippen LogP) is 6.76. The van der Waals surface area contributed by atoms with Crippen LogP contribution in [0.15, 0.2) is 47.0 Å². The normalized spacial score (nSPS) is 31.4. The van der Waals surface area contributed by atoms with E-state index >= 15 is 0 Å². The van der Waals surface area contributed by atoms with Gasteiger partial charge in [-0.05, 0) is 123 Å². The molecule has 0 unspecified atom stereocenters. The molecule has 5 aliphatic rings. The van der Waals surface area contributed by atoms with Crippen LogP contribution in [0.3, 0.4) is 0 Å². The summed E-state index contributed by atoms with van der Waals surface area (Å²) < 4.78 is 41.8. The summed E-state index contributed by atoms with van der Waals surface area (Å²) in [5.41, 5.74) is 3.57. The van der Waals surface area contributed by atoms with Gasteiger partial charge in [0, 0.05) is 48.9 Å². The molecule has 3 aliphatic heterocycles. The Labute approximate surface area is 317 Å². The second-order valence-electron chi connectivity index (χ2n) is 16.1. The number of carbonyl (C=O) groups excluding carboxylic acids is 2. The lowest BCUT2D eigenvalue weighted by atomic mass is 9.65. The van der Waals surface area contributed by atoms with Gasteiger partial charge in [-0.2, -0.15) is 0 Å². The number of nitrogens with zero attached hydrogens (tertiary/aromatic N) is 4. The summed E-state index contributed by atoms with van der Waals surface area (Å²) in [6.07, 6.45) is 10.8. The molecule has 2 aliphatic carbocycles. The third-order valence-corrected chi connectivity index (χ3v) is 14.6. The van der Waals surface area contributed by atoms with Crippen LogP contribution in [-0.4, -0.2) is 71.1 Å². The number of rotatable bonds is 3. The topological polar surface area (TPSA) is 124 Å². The average molecular weight is 764 g/mol. The number of methoxy groups -OCH3 is 1. The van der Waals surface area contributed by atoms with Gasteiger partial charge in [-0.15, -0.1) is 9.46 Å². The van der Waals surface area contributed by atoms with Crippen molar-refractivity contribution in [3.8, 4) is 11.6 Å². The fraction of sp³-hybridized carbons (Fsp3) is 0.575. The molecular formula is C40H50ClN5O6S. The van der Waals surface area contributed by atoms with Crippen LogP contribution in [-0.2, 0) is 33.5 Å². The molecule has 13 heteroatoms. The maximum atomic E-state index is 14.8. The maximum Gasteiger partial charge on any atom is 0.286 e. The van der Waals surface area contributed by atoms with Crippen LogP contribution >= 0.6 is 11.6 Å². The van der Waals surface area contributed by atoms with Gasteiger partial charge >= 0.3 is 0 Å². The van der Waals surface area contributed by atoms with Crippen molar-refractivity contribution in [1.29, 1.82) is 0 Å². The van der Waals surface area contributed by atoms with Gasteiger partial charge in [0.05, 0.1) is 31.3 Å². The molecule has 1 aromatic heterocycles. The van der Waals surface area contributed by atoms with Crippen molar-refractivity contribution in [1.82, 2.24) is 14.5 Å². The van der Waals surface area contributed by atoms with Gasteiger partial charge in [-0.1, -0.05) is 24.6 Å². The number of ether oxygens (including phenoxy) is 3. The molecule has 4 heterocycles. The van der Waals surface area contributed by atoms with Gasteiger partial charge in [-0.3, -0.25) is 19.0 Å². The van der Waals surface area contributed by atoms with Crippen LogP contribution in [0, 0.1) is 23.7 Å². The number of anilines is 1. The first-order chi connectivity index (χ1) is 25.5. The zero-order chi connectivity index (χ0) is 36.9. The lowest BCUT2D eigenvalue weighted by Crippen LogP contribution is -2.51. The highest BCUT2D eigenvalue weighted by molar-refractivity contribution is 7.92. The zero-order valence-electron chi connectivity index (χ0n) is 30.9. The Morgan fingerprint density at radius 3 is 2.75 bits per heavy atom. The fourth-order valence-corrected chi connectivity index (χ4v) is 11.8. The van der Waals surface area contributed by atoms with E-state index in [-0.39, 0.29) is 34.6 Å². The third kappa shape index (κ3) is 7.18. The molecule has 284 valence electrons. The number of amides is 2. The molecule has 8 rings (SSSR count). The molecule has 53 heavy (non-hydrogen) atoms. The maximum absolute atomic E-state index is 14.8. The van der Waals surface area contributed by atoms with Crippen molar-refractivity contribution in [3.05, 3.63) is 69.9 Å². The molecule has 2 aromatic carbocycles. The number of hydrogen-bond donors (Lipinski definition) is 1. The van der Waals surface area contributed by atoms with E-state index in [0.717, 1.165) is 93.9 Å². The molecule has 1 spiro atoms. The zero-order valence-corrected chi connectivity index (χ0v) is 32.4. The van der Waals surface area contributed by atoms with Gasteiger partial charge in [-0.25, -0.2) is 4.21 Å². The first kappa shape index (κ1) is 36.4. The highest BCUT2D eigenvalue weighted by Crippen LogP contribution is 2.48. The Morgan fingerprint density at radius 2 is 1.94 bits per heavy atom. The summed E-state index contributed by atoms with van der Waals surface area (Å²) >= 11 is 6.49. The standard InChI is InChI=1S/C40H50ClN5O6S/c1-25-8-9-26-7-5-17-51-36(26)31-13-10-29(31)20-46-23-40(16-4-6-27-18-30(41)12-14-33(27)40)24-52-35-15-11-28(19-34(35)46)37(47)43-53(49,22-25)44-38(48)32-21-45(2)42-39(32)50-3/h11-12,14-15,18-19,21,25-26,29,31,36H,4-10,13,16-17,20,22-24H2,1-3H3,(H,43,44,47,48,49)/t25-,26+,29-,31+,36-,40-,53-/m0/s1. The monoisotopic (exact) mass is 763 g/mol. The first-order valence-electron chi connectivity index (χ1n) is 19.1. The minimum atomic E-state index is -3.57. The van der Waals surface area contributed by atoms with E-state index in [4.69, 9.17) is 25.8 Å². The van der Waals surface area contributed by atoms with Crippen LogP contribution in [0.25, 0.3) is 0 Å². The highest BCUT2D eigenvalue weighted by atomic mass is 35.5. The van der Waals surface area contributed by atoms with Crippen molar-refractivity contribution in [3.63, 3.8) is 0 Å². The lowest BCUT2D eigenvalue weighted by Gasteiger charge is -2.49. The van der Waals surface area contributed by atoms with E-state index in [1.54, 1.807) is 13.1 Å². The molecular weight excluding hydrogens is 714 g/mol. The molecule has 3 aromatic rings. The molecule has 1 saturated carbocycles. The smallest absolute Gasteiger partial charge is 0.286 e. The van der Waals surface area contributed by atoms with Crippen molar-refractivity contribution in [2.75, 3.05) is 44.1 Å². The Balaban J connectivity index is 1.20. The summed E-state index contributed by atoms with van der Waals surface area (Å²) in [6.45, 7) is 4.88. The number of aryl methyl sites for hydroxylation is 2. The largest absolute Gasteiger partial charge is 0.490 e. The number of carbonyl (C=O) groups is 2. The number of hydrogen-bond acceptors (Lipinski definition) is 8. The molecule has 2 bridgehead atoms. The average Bonchev–Trinajstić information content (AvgIpc) is 3.44. The van der Waals surface area contributed by atoms with Gasteiger partial charge in [0.1, 0.15) is 21.2 Å². The van der Waals surface area contributed by atoms with Gasteiger partial charge in [0.2, 0.25) is 5.88 Å². The molecule has 2 fully saturated rings. The summed E-state index contributed by atoms with van der Waals surface area (Å²) in [5.74, 6) is 0.757. The second kappa shape index (κ2) is 14.6. The highest BCUT2D eigenvalue weighted by Gasteiger charge is 2.46. The molecule has 2 amide bonds. The summed E-state index contributed by atoms with van der Waals surface area (Å²) in [4.78, 5) is 30.2. The molecule has 0 radical (unpaired) electrons. The van der Waals surface area contributed by atoms with E-state index < -0.39 is 21.7 Å². The van der Waals surface area contributed by atoms with Gasteiger partial charge in [0.25, 0.3) is 11.8 Å². The van der Waals surface area contributed by atoms with Crippen LogP contribution in [0.5, 0.6) is 11.6 Å². The van der Waals surface area contributed by atoms with Crippen molar-refractivity contribution >= 4 is 39.0 Å². The van der Waals surface area contributed by atoms with Crippen molar-refractivity contribution in [2.45, 2.75) is 76.2 Å². The van der Waals surface area contributed by atoms with Crippen molar-refractivity contribution < 1.29 is 28.0 Å². The number of nitrogens with one attached hydrogen (secondary N) is 1. The Kier molecular flexibility index (Phi) is 9.99. The quantitative estimate of drug-likeness (QED) is 0.311. The molecule has 7 atom stereocenters. The molecule has 1 N–H and O–H groups in total. The van der Waals surface area contributed by atoms with E-state index in [9.17, 15) is 13.8 Å². The number of fused-ring (bicyclic) bond motifs is 6. The minimum Gasteiger partial charge on any atom is -0.490 e. The summed E-state index contributed by atoms with van der Waals surface area (Å²) in [5, 5.41) is 4.93. The molecule has 11 nitrogen and oxygen atoms in total. The van der Waals surface area contributed by atoms with Crippen LogP contribution in [0.1, 0.15) is 90.1 Å². The van der Waals surface area contributed by atoms with Crippen LogP contribution < -0.4 is 19.1 Å². The number of halogens is 1. The van der Waals surface area contributed by atoms with E-state index in [0.29, 0.717) is 29.9 Å². The predicted molar refractivity (Wildman–Crippen MR) is 204 cm³/mol. The van der Waals surface area contributed by atoms with E-state index in [1.165, 1.54) is 29.1 Å².